The zero-order valence-corrected chi connectivity index (χ0v) is 11.5. The monoisotopic (exact) mass is 227 g/mol. The van der Waals surface area contributed by atoms with Crippen LogP contribution in [0.15, 0.2) is 0 Å². The number of ketones is 1. The summed E-state index contributed by atoms with van der Waals surface area (Å²) < 4.78 is 5.28. The fourth-order valence-corrected chi connectivity index (χ4v) is 2.61. The van der Waals surface area contributed by atoms with Gasteiger partial charge < -0.3 is 4.74 Å². The molecule has 0 aliphatic heterocycles. The second kappa shape index (κ2) is 7.05. The summed E-state index contributed by atoms with van der Waals surface area (Å²) in [4.78, 5) is 12.2. The second-order valence-corrected chi connectivity index (χ2v) is 5.58. The first kappa shape index (κ1) is 15.6. The SMILES string of the molecule is [CH2]CC(=O)C(COC)(CC(C)C)CC(C)C. The van der Waals surface area contributed by atoms with Crippen molar-refractivity contribution in [3.63, 3.8) is 0 Å². The van der Waals surface area contributed by atoms with Crippen LogP contribution < -0.4 is 0 Å². The van der Waals surface area contributed by atoms with Crippen molar-refractivity contribution in [1.29, 1.82) is 0 Å². The van der Waals surface area contributed by atoms with E-state index in [1.54, 1.807) is 7.11 Å². The van der Waals surface area contributed by atoms with Crippen LogP contribution in [0.4, 0.5) is 0 Å². The summed E-state index contributed by atoms with van der Waals surface area (Å²) in [6, 6.07) is 0. The Bertz CT molecular complexity index is 197. The molecule has 2 nitrogen and oxygen atoms in total. The van der Waals surface area contributed by atoms with Gasteiger partial charge in [-0.1, -0.05) is 27.7 Å². The van der Waals surface area contributed by atoms with Crippen LogP contribution >= 0.6 is 0 Å². The highest BCUT2D eigenvalue weighted by molar-refractivity contribution is 5.85. The molecule has 0 bridgehead atoms. The van der Waals surface area contributed by atoms with E-state index < -0.39 is 0 Å². The average molecular weight is 227 g/mol. The van der Waals surface area contributed by atoms with Crippen LogP contribution in [0.2, 0.25) is 0 Å². The van der Waals surface area contributed by atoms with Crippen LogP contribution in [0.1, 0.15) is 47.0 Å². The summed E-state index contributed by atoms with van der Waals surface area (Å²) in [6.45, 7) is 12.9. The van der Waals surface area contributed by atoms with Gasteiger partial charge in [-0.05, 0) is 31.6 Å². The summed E-state index contributed by atoms with van der Waals surface area (Å²) in [7, 11) is 1.67. The molecule has 0 aromatic heterocycles. The molecule has 0 unspecified atom stereocenters. The van der Waals surface area contributed by atoms with Gasteiger partial charge in [0, 0.05) is 13.5 Å². The standard InChI is InChI=1S/C14H27O2/c1-7-13(15)14(10-16-6,8-11(2)3)9-12(4)5/h11-12H,1,7-10H2,2-6H3. The lowest BCUT2D eigenvalue weighted by Gasteiger charge is -2.34. The molecule has 0 aliphatic carbocycles. The maximum atomic E-state index is 12.2. The average Bonchev–Trinajstić information content (AvgIpc) is 2.14. The molecule has 0 aromatic carbocycles. The van der Waals surface area contributed by atoms with Crippen molar-refractivity contribution in [3.8, 4) is 0 Å². The van der Waals surface area contributed by atoms with E-state index >= 15 is 0 Å². The molecule has 0 fully saturated rings. The molecular formula is C14H27O2. The lowest BCUT2D eigenvalue weighted by Crippen LogP contribution is -2.38. The van der Waals surface area contributed by atoms with Gasteiger partial charge in [0.1, 0.15) is 5.78 Å². The lowest BCUT2D eigenvalue weighted by molar-refractivity contribution is -0.133. The Morgan fingerprint density at radius 1 is 1.19 bits per heavy atom. The minimum atomic E-state index is -0.321. The highest BCUT2D eigenvalue weighted by atomic mass is 16.5. The molecule has 0 N–H and O–H groups in total. The van der Waals surface area contributed by atoms with Crippen molar-refractivity contribution in [2.75, 3.05) is 13.7 Å². The predicted octanol–water partition coefficient (Wildman–Crippen LogP) is 3.50. The van der Waals surface area contributed by atoms with Crippen LogP contribution in [0.25, 0.3) is 0 Å². The van der Waals surface area contributed by atoms with Crippen LogP contribution in [-0.4, -0.2) is 19.5 Å². The Hall–Kier alpha value is -0.370. The number of methoxy groups -OCH3 is 1. The van der Waals surface area contributed by atoms with Crippen molar-refractivity contribution in [3.05, 3.63) is 6.92 Å². The molecule has 0 heterocycles. The van der Waals surface area contributed by atoms with Crippen LogP contribution in [-0.2, 0) is 9.53 Å². The predicted molar refractivity (Wildman–Crippen MR) is 68.2 cm³/mol. The quantitative estimate of drug-likeness (QED) is 0.634. The molecular weight excluding hydrogens is 200 g/mol. The molecule has 0 aliphatic rings. The van der Waals surface area contributed by atoms with E-state index in [1.807, 2.05) is 0 Å². The number of rotatable bonds is 8. The number of ether oxygens (including phenoxy) is 1. The molecule has 0 saturated heterocycles. The number of hydrogen-bond donors (Lipinski definition) is 0. The van der Waals surface area contributed by atoms with Crippen molar-refractivity contribution < 1.29 is 9.53 Å². The summed E-state index contributed by atoms with van der Waals surface area (Å²) >= 11 is 0. The molecule has 0 saturated carbocycles. The molecule has 1 radical (unpaired) electrons. The zero-order chi connectivity index (χ0) is 12.8. The van der Waals surface area contributed by atoms with Gasteiger partial charge in [-0.15, -0.1) is 0 Å². The highest BCUT2D eigenvalue weighted by Gasteiger charge is 2.37. The molecule has 0 aromatic rings. The van der Waals surface area contributed by atoms with E-state index in [0.29, 0.717) is 24.9 Å². The van der Waals surface area contributed by atoms with Gasteiger partial charge in [0.15, 0.2) is 0 Å². The Morgan fingerprint density at radius 2 is 1.62 bits per heavy atom. The van der Waals surface area contributed by atoms with Crippen LogP contribution in [0.5, 0.6) is 0 Å². The summed E-state index contributed by atoms with van der Waals surface area (Å²) in [5.74, 6) is 1.26. The first-order valence-corrected chi connectivity index (χ1v) is 6.19. The van der Waals surface area contributed by atoms with E-state index in [1.165, 1.54) is 0 Å². The van der Waals surface area contributed by atoms with Gasteiger partial charge in [-0.25, -0.2) is 0 Å². The van der Waals surface area contributed by atoms with E-state index in [4.69, 9.17) is 4.74 Å². The summed E-state index contributed by atoms with van der Waals surface area (Å²) in [6.07, 6.45) is 2.16. The van der Waals surface area contributed by atoms with Gasteiger partial charge in [0.05, 0.1) is 12.0 Å². The molecule has 0 atom stereocenters. The van der Waals surface area contributed by atoms with Crippen LogP contribution in [0.3, 0.4) is 0 Å². The van der Waals surface area contributed by atoms with Gasteiger partial charge >= 0.3 is 0 Å². The van der Waals surface area contributed by atoms with Gasteiger partial charge in [0.25, 0.3) is 0 Å². The van der Waals surface area contributed by atoms with Crippen molar-refractivity contribution in [2.45, 2.75) is 47.0 Å². The van der Waals surface area contributed by atoms with Gasteiger partial charge in [-0.2, -0.15) is 0 Å². The van der Waals surface area contributed by atoms with Crippen LogP contribution in [0, 0.1) is 24.2 Å². The minimum absolute atomic E-state index is 0.247. The maximum absolute atomic E-state index is 12.2. The molecule has 0 spiro atoms. The van der Waals surface area contributed by atoms with Gasteiger partial charge in [-0.3, -0.25) is 4.79 Å². The van der Waals surface area contributed by atoms with E-state index in [-0.39, 0.29) is 11.2 Å². The fourth-order valence-electron chi connectivity index (χ4n) is 2.61. The summed E-state index contributed by atoms with van der Waals surface area (Å²) in [5.41, 5.74) is -0.321. The molecule has 16 heavy (non-hydrogen) atoms. The van der Waals surface area contributed by atoms with Crippen molar-refractivity contribution in [2.24, 2.45) is 17.3 Å². The van der Waals surface area contributed by atoms with Crippen molar-refractivity contribution in [1.82, 2.24) is 0 Å². The van der Waals surface area contributed by atoms with Crippen molar-refractivity contribution >= 4 is 5.78 Å². The molecule has 2 heteroatoms. The zero-order valence-electron chi connectivity index (χ0n) is 11.5. The molecule has 0 amide bonds. The Balaban J connectivity index is 4.95. The van der Waals surface area contributed by atoms with E-state index in [0.717, 1.165) is 12.8 Å². The van der Waals surface area contributed by atoms with Gasteiger partial charge in [0.2, 0.25) is 0 Å². The number of carbonyl (C=O) groups is 1. The van der Waals surface area contributed by atoms with E-state index in [2.05, 4.69) is 34.6 Å². The summed E-state index contributed by atoms with van der Waals surface area (Å²) in [5, 5.41) is 0. The number of Topliss-reactive ketones (excluding diaryl/α,β-unsaturated/α-hetero) is 1. The topological polar surface area (TPSA) is 26.3 Å². The number of carbonyl (C=O) groups excluding carboxylic acids is 1. The smallest absolute Gasteiger partial charge is 0.141 e. The largest absolute Gasteiger partial charge is 0.384 e. The highest BCUT2D eigenvalue weighted by Crippen LogP contribution is 2.36. The third-order valence-electron chi connectivity index (χ3n) is 2.84. The normalized spacial score (nSPS) is 12.5. The third kappa shape index (κ3) is 4.65. The first-order chi connectivity index (χ1) is 7.38. The van der Waals surface area contributed by atoms with E-state index in [9.17, 15) is 4.79 Å². The molecule has 95 valence electrons. The second-order valence-electron chi connectivity index (χ2n) is 5.58. The molecule has 0 rings (SSSR count). The Kier molecular flexibility index (Phi) is 6.89. The minimum Gasteiger partial charge on any atom is -0.384 e. The lowest BCUT2D eigenvalue weighted by atomic mass is 9.71. The first-order valence-electron chi connectivity index (χ1n) is 6.19. The maximum Gasteiger partial charge on any atom is 0.141 e. The Morgan fingerprint density at radius 3 is 1.88 bits per heavy atom. The fraction of sp³-hybridized carbons (Fsp3) is 0.857. The Labute approximate surface area is 101 Å². The third-order valence-corrected chi connectivity index (χ3v) is 2.84. The number of hydrogen-bond acceptors (Lipinski definition) is 2.